The van der Waals surface area contributed by atoms with E-state index in [1.807, 2.05) is 6.07 Å². The Hall–Kier alpha value is -1.75. The molecule has 1 aromatic rings. The van der Waals surface area contributed by atoms with E-state index in [0.717, 1.165) is 55.6 Å². The molecule has 1 aromatic carbocycles. The molecule has 1 amide bonds. The van der Waals surface area contributed by atoms with Gasteiger partial charge in [0, 0.05) is 19.1 Å². The molecule has 1 N–H and O–H groups in total. The first-order valence-corrected chi connectivity index (χ1v) is 9.07. The number of fused-ring (bicyclic) bond motifs is 1. The van der Waals surface area contributed by atoms with Crippen LogP contribution in [0.5, 0.6) is 11.5 Å². The third kappa shape index (κ3) is 2.97. The van der Waals surface area contributed by atoms with E-state index in [1.54, 1.807) is 0 Å². The number of carbonyl (C=O) groups is 1. The number of hydrogen-bond acceptors (Lipinski definition) is 4. The monoisotopic (exact) mass is 331 g/mol. The van der Waals surface area contributed by atoms with E-state index in [9.17, 15) is 4.79 Å². The van der Waals surface area contributed by atoms with Crippen LogP contribution in [0.15, 0.2) is 18.2 Å². The van der Waals surface area contributed by atoms with E-state index in [4.69, 9.17) is 14.2 Å². The Balaban J connectivity index is 1.57. The maximum absolute atomic E-state index is 12.8. The average molecular weight is 331 g/mol. The molecule has 2 aliphatic heterocycles. The summed E-state index contributed by atoms with van der Waals surface area (Å²) in [4.78, 5) is 12.8. The van der Waals surface area contributed by atoms with Gasteiger partial charge in [0.2, 0.25) is 5.91 Å². The van der Waals surface area contributed by atoms with Gasteiger partial charge in [0.05, 0.1) is 5.54 Å². The maximum atomic E-state index is 12.8. The predicted molar refractivity (Wildman–Crippen MR) is 89.3 cm³/mol. The minimum Gasteiger partial charge on any atom is -0.486 e. The number of ether oxygens (including phenoxy) is 3. The topological polar surface area (TPSA) is 56.8 Å². The SMILES string of the molecule is O=C(NC1(c2ccc3c(c2)OCCO3)CCCC1)C1CCOCC1. The molecule has 5 heteroatoms. The highest BCUT2D eigenvalue weighted by atomic mass is 16.6. The zero-order valence-corrected chi connectivity index (χ0v) is 14.0. The molecule has 5 nitrogen and oxygen atoms in total. The van der Waals surface area contributed by atoms with Crippen molar-refractivity contribution < 1.29 is 19.0 Å². The van der Waals surface area contributed by atoms with Gasteiger partial charge in [0.25, 0.3) is 0 Å². The highest BCUT2D eigenvalue weighted by Gasteiger charge is 2.39. The van der Waals surface area contributed by atoms with Crippen LogP contribution in [-0.2, 0) is 15.1 Å². The Morgan fingerprint density at radius 3 is 2.46 bits per heavy atom. The summed E-state index contributed by atoms with van der Waals surface area (Å²) in [6.45, 7) is 2.56. The molecule has 0 bridgehead atoms. The summed E-state index contributed by atoms with van der Waals surface area (Å²) in [7, 11) is 0. The van der Waals surface area contributed by atoms with Crippen molar-refractivity contribution in [3.63, 3.8) is 0 Å². The highest BCUT2D eigenvalue weighted by Crippen LogP contribution is 2.42. The molecule has 24 heavy (non-hydrogen) atoms. The number of amides is 1. The van der Waals surface area contributed by atoms with Crippen LogP contribution in [0, 0.1) is 5.92 Å². The lowest BCUT2D eigenvalue weighted by molar-refractivity contribution is -0.130. The van der Waals surface area contributed by atoms with Crippen LogP contribution in [0.25, 0.3) is 0 Å². The van der Waals surface area contributed by atoms with E-state index < -0.39 is 0 Å². The molecule has 0 atom stereocenters. The van der Waals surface area contributed by atoms with Gasteiger partial charge in [0.1, 0.15) is 13.2 Å². The van der Waals surface area contributed by atoms with E-state index in [1.165, 1.54) is 0 Å². The molecule has 0 spiro atoms. The van der Waals surface area contributed by atoms with Gasteiger partial charge >= 0.3 is 0 Å². The van der Waals surface area contributed by atoms with Gasteiger partial charge in [-0.1, -0.05) is 18.9 Å². The fourth-order valence-electron chi connectivity index (χ4n) is 4.10. The molecule has 0 radical (unpaired) electrons. The molecule has 2 heterocycles. The second-order valence-corrected chi connectivity index (χ2v) is 7.02. The van der Waals surface area contributed by atoms with Crippen molar-refractivity contribution in [2.24, 2.45) is 5.92 Å². The predicted octanol–water partition coefficient (Wildman–Crippen LogP) is 2.77. The van der Waals surface area contributed by atoms with Crippen LogP contribution in [0.1, 0.15) is 44.1 Å². The normalized spacial score (nSPS) is 23.0. The Morgan fingerprint density at radius 2 is 1.71 bits per heavy atom. The van der Waals surface area contributed by atoms with Gasteiger partial charge in [-0.15, -0.1) is 0 Å². The molecule has 1 saturated heterocycles. The number of benzene rings is 1. The maximum Gasteiger partial charge on any atom is 0.223 e. The number of hydrogen-bond donors (Lipinski definition) is 1. The highest BCUT2D eigenvalue weighted by molar-refractivity contribution is 5.80. The molecule has 0 unspecified atom stereocenters. The molecule has 2 fully saturated rings. The lowest BCUT2D eigenvalue weighted by atomic mass is 9.86. The molecule has 1 saturated carbocycles. The molecular weight excluding hydrogens is 306 g/mol. The van der Waals surface area contributed by atoms with Crippen LogP contribution in [0.2, 0.25) is 0 Å². The lowest BCUT2D eigenvalue weighted by Gasteiger charge is -2.34. The summed E-state index contributed by atoms with van der Waals surface area (Å²) in [5.74, 6) is 1.85. The molecular formula is C19H25NO4. The van der Waals surface area contributed by atoms with Crippen molar-refractivity contribution in [2.45, 2.75) is 44.1 Å². The third-order valence-corrected chi connectivity index (χ3v) is 5.51. The fraction of sp³-hybridized carbons (Fsp3) is 0.632. The summed E-state index contributed by atoms with van der Waals surface area (Å²) in [6, 6.07) is 6.12. The Kier molecular flexibility index (Phi) is 4.35. The Labute approximate surface area is 142 Å². The minimum absolute atomic E-state index is 0.0773. The van der Waals surface area contributed by atoms with Crippen LogP contribution in [-0.4, -0.2) is 32.3 Å². The van der Waals surface area contributed by atoms with Gasteiger partial charge in [-0.05, 0) is 43.4 Å². The quantitative estimate of drug-likeness (QED) is 0.925. The van der Waals surface area contributed by atoms with Crippen molar-refractivity contribution in [1.82, 2.24) is 5.32 Å². The number of rotatable bonds is 3. The fourth-order valence-corrected chi connectivity index (χ4v) is 4.10. The summed E-state index contributed by atoms with van der Waals surface area (Å²) in [5, 5.41) is 3.39. The second kappa shape index (κ2) is 6.63. The molecule has 0 aromatic heterocycles. The summed E-state index contributed by atoms with van der Waals surface area (Å²) in [6.07, 6.45) is 5.90. The first-order chi connectivity index (χ1) is 11.8. The van der Waals surface area contributed by atoms with Gasteiger partial charge in [-0.3, -0.25) is 4.79 Å². The summed E-state index contributed by atoms with van der Waals surface area (Å²) >= 11 is 0. The van der Waals surface area contributed by atoms with Crippen LogP contribution in [0.4, 0.5) is 0 Å². The van der Waals surface area contributed by atoms with Gasteiger partial charge in [0.15, 0.2) is 11.5 Å². The lowest BCUT2D eigenvalue weighted by Crippen LogP contribution is -2.47. The smallest absolute Gasteiger partial charge is 0.223 e. The number of nitrogens with one attached hydrogen (secondary N) is 1. The zero-order valence-electron chi connectivity index (χ0n) is 14.0. The molecule has 4 rings (SSSR count). The third-order valence-electron chi connectivity index (χ3n) is 5.51. The first kappa shape index (κ1) is 15.8. The Bertz CT molecular complexity index is 603. The van der Waals surface area contributed by atoms with Crippen LogP contribution in [0.3, 0.4) is 0 Å². The molecule has 130 valence electrons. The second-order valence-electron chi connectivity index (χ2n) is 7.02. The largest absolute Gasteiger partial charge is 0.486 e. The van der Waals surface area contributed by atoms with Crippen LogP contribution < -0.4 is 14.8 Å². The van der Waals surface area contributed by atoms with Crippen molar-refractivity contribution >= 4 is 5.91 Å². The minimum atomic E-state index is -0.259. The zero-order chi connectivity index (χ0) is 16.4. The first-order valence-electron chi connectivity index (χ1n) is 9.07. The van der Waals surface area contributed by atoms with E-state index in [-0.39, 0.29) is 17.4 Å². The molecule has 1 aliphatic carbocycles. The van der Waals surface area contributed by atoms with Gasteiger partial charge in [-0.2, -0.15) is 0 Å². The van der Waals surface area contributed by atoms with Crippen LogP contribution >= 0.6 is 0 Å². The van der Waals surface area contributed by atoms with E-state index in [0.29, 0.717) is 26.4 Å². The van der Waals surface area contributed by atoms with Gasteiger partial charge < -0.3 is 19.5 Å². The van der Waals surface area contributed by atoms with E-state index in [2.05, 4.69) is 17.4 Å². The van der Waals surface area contributed by atoms with Crippen molar-refractivity contribution in [1.29, 1.82) is 0 Å². The standard InChI is InChI=1S/C19H25NO4/c21-18(14-5-9-22-10-6-14)20-19(7-1-2-8-19)15-3-4-16-17(13-15)24-12-11-23-16/h3-4,13-14H,1-2,5-12H2,(H,20,21). The Morgan fingerprint density at radius 1 is 1.00 bits per heavy atom. The number of carbonyl (C=O) groups excluding carboxylic acids is 1. The summed E-state index contributed by atoms with van der Waals surface area (Å²) in [5.41, 5.74) is 0.884. The van der Waals surface area contributed by atoms with E-state index >= 15 is 0 Å². The molecule has 3 aliphatic rings. The van der Waals surface area contributed by atoms with Crippen molar-refractivity contribution in [3.8, 4) is 11.5 Å². The summed E-state index contributed by atoms with van der Waals surface area (Å²) < 4.78 is 16.7. The van der Waals surface area contributed by atoms with Crippen molar-refractivity contribution in [3.05, 3.63) is 23.8 Å². The van der Waals surface area contributed by atoms with Crippen molar-refractivity contribution in [2.75, 3.05) is 26.4 Å². The average Bonchev–Trinajstić information content (AvgIpc) is 3.11. The van der Waals surface area contributed by atoms with Gasteiger partial charge in [-0.25, -0.2) is 0 Å².